The van der Waals surface area contributed by atoms with Gasteiger partial charge in [0.2, 0.25) is 0 Å². The molecule has 15 heavy (non-hydrogen) atoms. The molecule has 0 saturated carbocycles. The lowest BCUT2D eigenvalue weighted by Crippen LogP contribution is -2.57. The van der Waals surface area contributed by atoms with E-state index in [9.17, 15) is 0 Å². The molecule has 1 aliphatic heterocycles. The van der Waals surface area contributed by atoms with Crippen molar-refractivity contribution in [3.05, 3.63) is 0 Å². The largest absolute Gasteiger partial charge is 0.381 e. The molecule has 1 heterocycles. The highest BCUT2D eigenvalue weighted by atomic mass is 16.5. The third-order valence-electron chi connectivity index (χ3n) is 3.82. The number of nitrogens with zero attached hydrogens (tertiary/aromatic N) is 1. The highest BCUT2D eigenvalue weighted by molar-refractivity contribution is 4.94. The first-order valence-electron chi connectivity index (χ1n) is 6.21. The van der Waals surface area contributed by atoms with Gasteiger partial charge in [0, 0.05) is 24.6 Å². The Labute approximate surface area is 94.0 Å². The molecule has 0 aromatic carbocycles. The first kappa shape index (κ1) is 12.9. The summed E-state index contributed by atoms with van der Waals surface area (Å²) in [4.78, 5) is 2.52. The topological polar surface area (TPSA) is 38.5 Å². The highest BCUT2D eigenvalue weighted by Crippen LogP contribution is 2.30. The van der Waals surface area contributed by atoms with Crippen LogP contribution < -0.4 is 5.73 Å². The van der Waals surface area contributed by atoms with Crippen molar-refractivity contribution in [2.75, 3.05) is 32.8 Å². The fourth-order valence-electron chi connectivity index (χ4n) is 2.62. The lowest BCUT2D eigenvalue weighted by molar-refractivity contribution is 0.0493. The molecule has 2 N–H and O–H groups in total. The molecule has 0 bridgehead atoms. The monoisotopic (exact) mass is 214 g/mol. The summed E-state index contributed by atoms with van der Waals surface area (Å²) in [7, 11) is 0. The first-order chi connectivity index (χ1) is 7.19. The summed E-state index contributed by atoms with van der Waals surface area (Å²) in [6, 6.07) is 0. The van der Waals surface area contributed by atoms with Gasteiger partial charge >= 0.3 is 0 Å². The van der Waals surface area contributed by atoms with Crippen LogP contribution in [0.15, 0.2) is 0 Å². The first-order valence-corrected chi connectivity index (χ1v) is 6.21. The molecule has 0 radical (unpaired) electrons. The van der Waals surface area contributed by atoms with Crippen LogP contribution in [0, 0.1) is 5.92 Å². The summed E-state index contributed by atoms with van der Waals surface area (Å²) in [6.07, 6.45) is 2.35. The van der Waals surface area contributed by atoms with Gasteiger partial charge in [0.15, 0.2) is 0 Å². The Morgan fingerprint density at radius 3 is 2.60 bits per heavy atom. The number of hydrogen-bond donors (Lipinski definition) is 1. The van der Waals surface area contributed by atoms with Gasteiger partial charge in [-0.1, -0.05) is 13.8 Å². The summed E-state index contributed by atoms with van der Waals surface area (Å²) in [5, 5.41) is 0. The number of nitrogens with two attached hydrogens (primary N) is 1. The predicted octanol–water partition coefficient (Wildman–Crippen LogP) is 1.47. The van der Waals surface area contributed by atoms with E-state index in [-0.39, 0.29) is 5.54 Å². The van der Waals surface area contributed by atoms with Crippen molar-refractivity contribution < 1.29 is 4.74 Å². The summed E-state index contributed by atoms with van der Waals surface area (Å²) >= 11 is 0. The zero-order valence-corrected chi connectivity index (χ0v) is 10.5. The summed E-state index contributed by atoms with van der Waals surface area (Å²) < 4.78 is 5.50. The lowest BCUT2D eigenvalue weighted by Gasteiger charge is -2.44. The summed E-state index contributed by atoms with van der Waals surface area (Å²) in [5.41, 5.74) is 6.12. The second kappa shape index (κ2) is 5.83. The van der Waals surface area contributed by atoms with Gasteiger partial charge in [0.1, 0.15) is 0 Å². The van der Waals surface area contributed by atoms with Crippen molar-refractivity contribution in [3.63, 3.8) is 0 Å². The van der Waals surface area contributed by atoms with Crippen molar-refractivity contribution in [1.82, 2.24) is 4.90 Å². The lowest BCUT2D eigenvalue weighted by atomic mass is 9.83. The van der Waals surface area contributed by atoms with Gasteiger partial charge in [0.25, 0.3) is 0 Å². The van der Waals surface area contributed by atoms with Crippen LogP contribution in [-0.2, 0) is 4.74 Å². The Morgan fingerprint density at radius 2 is 2.20 bits per heavy atom. The molecule has 1 fully saturated rings. The van der Waals surface area contributed by atoms with Gasteiger partial charge in [-0.15, -0.1) is 0 Å². The van der Waals surface area contributed by atoms with Crippen LogP contribution in [-0.4, -0.2) is 43.3 Å². The van der Waals surface area contributed by atoms with Crippen LogP contribution in [0.2, 0.25) is 0 Å². The Kier molecular flexibility index (Phi) is 5.03. The highest BCUT2D eigenvalue weighted by Gasteiger charge is 2.39. The van der Waals surface area contributed by atoms with Crippen molar-refractivity contribution in [2.24, 2.45) is 11.7 Å². The molecule has 0 aromatic heterocycles. The molecular formula is C12H26N2O. The van der Waals surface area contributed by atoms with Crippen molar-refractivity contribution >= 4 is 0 Å². The maximum Gasteiger partial charge on any atom is 0.0513 e. The molecule has 90 valence electrons. The molecule has 2 atom stereocenters. The molecule has 0 aliphatic carbocycles. The zero-order chi connectivity index (χ0) is 11.3. The smallest absolute Gasteiger partial charge is 0.0513 e. The van der Waals surface area contributed by atoms with Crippen molar-refractivity contribution in [2.45, 2.75) is 39.2 Å². The van der Waals surface area contributed by atoms with E-state index in [0.29, 0.717) is 5.92 Å². The van der Waals surface area contributed by atoms with Crippen molar-refractivity contribution in [1.29, 1.82) is 0 Å². The van der Waals surface area contributed by atoms with Crippen molar-refractivity contribution in [3.8, 4) is 0 Å². The van der Waals surface area contributed by atoms with Gasteiger partial charge in [-0.3, -0.25) is 4.90 Å². The average molecular weight is 214 g/mol. The third kappa shape index (κ3) is 2.71. The zero-order valence-electron chi connectivity index (χ0n) is 10.5. The SMILES string of the molecule is CCCN(CC)C(C)(CN)C1CCOC1. The Balaban J connectivity index is 2.70. The van der Waals surface area contributed by atoms with Gasteiger partial charge in [-0.25, -0.2) is 0 Å². The molecule has 1 aliphatic rings. The van der Waals surface area contributed by atoms with E-state index in [2.05, 4.69) is 25.7 Å². The normalized spacial score (nSPS) is 25.8. The molecular weight excluding hydrogens is 188 g/mol. The average Bonchev–Trinajstić information content (AvgIpc) is 2.78. The molecule has 0 aromatic rings. The fraction of sp³-hybridized carbons (Fsp3) is 1.00. The second-order valence-corrected chi connectivity index (χ2v) is 4.70. The van der Waals surface area contributed by atoms with Gasteiger partial charge < -0.3 is 10.5 Å². The number of ether oxygens (including phenoxy) is 1. The van der Waals surface area contributed by atoms with Crippen LogP contribution in [0.4, 0.5) is 0 Å². The van der Waals surface area contributed by atoms with E-state index in [4.69, 9.17) is 10.5 Å². The van der Waals surface area contributed by atoms with Crippen LogP contribution in [0.1, 0.15) is 33.6 Å². The van der Waals surface area contributed by atoms with Gasteiger partial charge in [0.05, 0.1) is 6.61 Å². The molecule has 0 amide bonds. The standard InChI is InChI=1S/C12H26N2O/c1-4-7-14(5-2)12(3,10-13)11-6-8-15-9-11/h11H,4-10,13H2,1-3H3. The van der Waals surface area contributed by atoms with E-state index < -0.39 is 0 Å². The third-order valence-corrected chi connectivity index (χ3v) is 3.82. The number of rotatable bonds is 6. The number of likely N-dealkylation sites (N-methyl/N-ethyl adjacent to an activating group) is 1. The maximum atomic E-state index is 6.00. The van der Waals surface area contributed by atoms with Crippen LogP contribution in [0.3, 0.4) is 0 Å². The molecule has 3 heteroatoms. The quantitative estimate of drug-likeness (QED) is 0.728. The number of hydrogen-bond acceptors (Lipinski definition) is 3. The molecule has 0 spiro atoms. The van der Waals surface area contributed by atoms with E-state index in [1.54, 1.807) is 0 Å². The summed E-state index contributed by atoms with van der Waals surface area (Å²) in [5.74, 6) is 0.606. The van der Waals surface area contributed by atoms with Crippen LogP contribution in [0.5, 0.6) is 0 Å². The maximum absolute atomic E-state index is 6.00. The van der Waals surface area contributed by atoms with E-state index in [1.807, 2.05) is 0 Å². The minimum atomic E-state index is 0.126. The molecule has 1 rings (SSSR count). The summed E-state index contributed by atoms with van der Waals surface area (Å²) in [6.45, 7) is 11.5. The fourth-order valence-corrected chi connectivity index (χ4v) is 2.62. The molecule has 3 nitrogen and oxygen atoms in total. The Bertz CT molecular complexity index is 180. The molecule has 2 unspecified atom stereocenters. The minimum Gasteiger partial charge on any atom is -0.381 e. The van der Waals surface area contributed by atoms with Crippen LogP contribution in [0.25, 0.3) is 0 Å². The van der Waals surface area contributed by atoms with Gasteiger partial charge in [-0.05, 0) is 32.9 Å². The minimum absolute atomic E-state index is 0.126. The van der Waals surface area contributed by atoms with E-state index in [0.717, 1.165) is 39.3 Å². The predicted molar refractivity (Wildman–Crippen MR) is 63.9 cm³/mol. The Hall–Kier alpha value is -0.120. The van der Waals surface area contributed by atoms with E-state index >= 15 is 0 Å². The van der Waals surface area contributed by atoms with E-state index in [1.165, 1.54) is 6.42 Å². The Morgan fingerprint density at radius 1 is 1.47 bits per heavy atom. The second-order valence-electron chi connectivity index (χ2n) is 4.70. The van der Waals surface area contributed by atoms with Gasteiger partial charge in [-0.2, -0.15) is 0 Å². The van der Waals surface area contributed by atoms with Crippen LogP contribution >= 0.6 is 0 Å². The molecule has 1 saturated heterocycles.